The molecule has 0 amide bonds. The molecule has 74 valence electrons. The Labute approximate surface area is 86.7 Å². The fourth-order valence-electron chi connectivity index (χ4n) is 2.08. The number of aromatic nitrogens is 1. The summed E-state index contributed by atoms with van der Waals surface area (Å²) in [5.41, 5.74) is 3.76. The first-order valence-electron chi connectivity index (χ1n) is 5.45. The van der Waals surface area contributed by atoms with Gasteiger partial charge in [-0.3, -0.25) is 4.98 Å². The van der Waals surface area contributed by atoms with Crippen LogP contribution in [0.5, 0.6) is 0 Å². The van der Waals surface area contributed by atoms with Crippen LogP contribution in [-0.2, 0) is 0 Å². The number of nitrogens with zero attached hydrogens (tertiary/aromatic N) is 2. The zero-order valence-electron chi connectivity index (χ0n) is 9.08. The Balaban J connectivity index is 2.24. The van der Waals surface area contributed by atoms with Crippen LogP contribution in [0.15, 0.2) is 12.3 Å². The van der Waals surface area contributed by atoms with Gasteiger partial charge in [-0.05, 0) is 32.3 Å². The van der Waals surface area contributed by atoms with Gasteiger partial charge in [0.05, 0.1) is 11.4 Å². The summed E-state index contributed by atoms with van der Waals surface area (Å²) in [6.07, 6.45) is 5.98. The Kier molecular flexibility index (Phi) is 2.75. The lowest BCUT2D eigenvalue weighted by molar-refractivity contribution is 0.576. The molecule has 1 aliphatic rings. The highest BCUT2D eigenvalue weighted by Crippen LogP contribution is 2.20. The number of piperidine rings is 1. The van der Waals surface area contributed by atoms with Gasteiger partial charge in [-0.1, -0.05) is 5.46 Å². The zero-order valence-corrected chi connectivity index (χ0v) is 9.08. The lowest BCUT2D eigenvalue weighted by atomic mass is 9.97. The van der Waals surface area contributed by atoms with Crippen LogP contribution >= 0.6 is 0 Å². The molecule has 0 N–H and O–H groups in total. The smallest absolute Gasteiger partial charge is 0.141 e. The van der Waals surface area contributed by atoms with Crippen LogP contribution in [0.2, 0.25) is 0 Å². The molecule has 2 nitrogen and oxygen atoms in total. The molecule has 0 bridgehead atoms. The highest BCUT2D eigenvalue weighted by molar-refractivity contribution is 6.32. The van der Waals surface area contributed by atoms with E-state index in [1.165, 1.54) is 43.5 Å². The minimum Gasteiger partial charge on any atom is -0.370 e. The Morgan fingerprint density at radius 2 is 2.00 bits per heavy atom. The van der Waals surface area contributed by atoms with Gasteiger partial charge in [0.2, 0.25) is 0 Å². The highest BCUT2D eigenvalue weighted by atomic mass is 15.1. The van der Waals surface area contributed by atoms with Crippen LogP contribution < -0.4 is 10.4 Å². The van der Waals surface area contributed by atoms with E-state index in [0.29, 0.717) is 0 Å². The molecule has 0 spiro atoms. The maximum absolute atomic E-state index is 4.41. The molecule has 0 saturated carbocycles. The second kappa shape index (κ2) is 4.03. The van der Waals surface area contributed by atoms with Crippen LogP contribution in [-0.4, -0.2) is 25.9 Å². The van der Waals surface area contributed by atoms with Crippen molar-refractivity contribution in [2.24, 2.45) is 0 Å². The lowest BCUT2D eigenvalue weighted by Crippen LogP contribution is -2.31. The third-order valence-corrected chi connectivity index (χ3v) is 2.89. The van der Waals surface area contributed by atoms with Crippen molar-refractivity contribution in [1.82, 2.24) is 4.98 Å². The van der Waals surface area contributed by atoms with Gasteiger partial charge in [0.15, 0.2) is 0 Å². The van der Waals surface area contributed by atoms with E-state index in [1.54, 1.807) is 0 Å². The van der Waals surface area contributed by atoms with E-state index in [1.807, 2.05) is 6.20 Å². The summed E-state index contributed by atoms with van der Waals surface area (Å²) in [7, 11) is 2.11. The molecule has 0 atom stereocenters. The highest BCUT2D eigenvalue weighted by Gasteiger charge is 2.13. The summed E-state index contributed by atoms with van der Waals surface area (Å²) in [5.74, 6) is 0. The fourth-order valence-corrected chi connectivity index (χ4v) is 2.08. The maximum Gasteiger partial charge on any atom is 0.141 e. The Hall–Kier alpha value is -0.985. The van der Waals surface area contributed by atoms with Crippen LogP contribution in [0, 0.1) is 6.92 Å². The van der Waals surface area contributed by atoms with Crippen molar-refractivity contribution < 1.29 is 0 Å². The lowest BCUT2D eigenvalue weighted by Gasteiger charge is -2.29. The third kappa shape index (κ3) is 1.92. The second-order valence-electron chi connectivity index (χ2n) is 4.16. The number of anilines is 1. The molecule has 0 aliphatic carbocycles. The van der Waals surface area contributed by atoms with Crippen LogP contribution in [0.25, 0.3) is 0 Å². The average Bonchev–Trinajstić information content (AvgIpc) is 2.23. The number of aryl methyl sites for hydroxylation is 1. The molecule has 1 aromatic heterocycles. The van der Waals surface area contributed by atoms with Crippen molar-refractivity contribution in [2.75, 3.05) is 18.0 Å². The van der Waals surface area contributed by atoms with Crippen molar-refractivity contribution >= 4 is 19.0 Å². The number of hydrogen-bond donors (Lipinski definition) is 0. The number of rotatable bonds is 1. The summed E-state index contributed by atoms with van der Waals surface area (Å²) >= 11 is 0. The minimum absolute atomic E-state index is 1.16. The fraction of sp³-hybridized carbons (Fsp3) is 0.545. The Bertz CT molecular complexity index is 319. The molecular weight excluding hydrogens is 171 g/mol. The summed E-state index contributed by atoms with van der Waals surface area (Å²) < 4.78 is 0. The Morgan fingerprint density at radius 3 is 2.71 bits per heavy atom. The number of hydrogen-bond acceptors (Lipinski definition) is 2. The van der Waals surface area contributed by atoms with Gasteiger partial charge in [-0.15, -0.1) is 0 Å². The first-order chi connectivity index (χ1) is 6.77. The predicted molar refractivity (Wildman–Crippen MR) is 63.2 cm³/mol. The van der Waals surface area contributed by atoms with Crippen LogP contribution in [0.4, 0.5) is 5.69 Å². The third-order valence-electron chi connectivity index (χ3n) is 2.89. The van der Waals surface area contributed by atoms with Gasteiger partial charge in [-0.2, -0.15) is 0 Å². The van der Waals surface area contributed by atoms with Gasteiger partial charge in [0.25, 0.3) is 0 Å². The SMILES string of the molecule is Bc1cnc(C)c(N2CCCCC2)c1. The predicted octanol–water partition coefficient (Wildman–Crippen LogP) is 0.639. The van der Waals surface area contributed by atoms with Crippen molar-refractivity contribution in [1.29, 1.82) is 0 Å². The standard InChI is InChI=1S/C11H17BN2/c1-9-11(7-10(12)8-13-9)14-5-3-2-4-6-14/h7-8H,2-6,12H2,1H3. The largest absolute Gasteiger partial charge is 0.370 e. The van der Waals surface area contributed by atoms with Gasteiger partial charge in [-0.25, -0.2) is 0 Å². The van der Waals surface area contributed by atoms with Crippen molar-refractivity contribution in [2.45, 2.75) is 26.2 Å². The summed E-state index contributed by atoms with van der Waals surface area (Å²) in [6, 6.07) is 2.26. The van der Waals surface area contributed by atoms with E-state index in [9.17, 15) is 0 Å². The van der Waals surface area contributed by atoms with Crippen LogP contribution in [0.3, 0.4) is 0 Å². The first kappa shape index (κ1) is 9.57. The molecule has 0 unspecified atom stereocenters. The van der Waals surface area contributed by atoms with Gasteiger partial charge in [0, 0.05) is 19.3 Å². The molecule has 1 fully saturated rings. The molecule has 2 heterocycles. The van der Waals surface area contributed by atoms with E-state index in [4.69, 9.17) is 0 Å². The Morgan fingerprint density at radius 1 is 1.29 bits per heavy atom. The van der Waals surface area contributed by atoms with Crippen molar-refractivity contribution in [3.8, 4) is 0 Å². The maximum atomic E-state index is 4.41. The van der Waals surface area contributed by atoms with Gasteiger partial charge in [0.1, 0.15) is 7.85 Å². The van der Waals surface area contributed by atoms with E-state index < -0.39 is 0 Å². The monoisotopic (exact) mass is 188 g/mol. The molecule has 3 heteroatoms. The molecule has 1 aromatic rings. The van der Waals surface area contributed by atoms with E-state index in [2.05, 4.69) is 30.7 Å². The average molecular weight is 188 g/mol. The molecular formula is C11H17BN2. The summed E-state index contributed by atoms with van der Waals surface area (Å²) in [4.78, 5) is 6.88. The molecule has 14 heavy (non-hydrogen) atoms. The molecule has 1 saturated heterocycles. The number of pyridine rings is 1. The normalized spacial score (nSPS) is 17.1. The van der Waals surface area contributed by atoms with Gasteiger partial charge < -0.3 is 4.90 Å². The summed E-state index contributed by atoms with van der Waals surface area (Å²) in [5, 5.41) is 0. The molecule has 0 radical (unpaired) electrons. The molecule has 1 aliphatic heterocycles. The minimum atomic E-state index is 1.16. The summed E-state index contributed by atoms with van der Waals surface area (Å²) in [6.45, 7) is 4.50. The van der Waals surface area contributed by atoms with E-state index in [0.717, 1.165) is 5.69 Å². The van der Waals surface area contributed by atoms with E-state index >= 15 is 0 Å². The van der Waals surface area contributed by atoms with E-state index in [-0.39, 0.29) is 0 Å². The van der Waals surface area contributed by atoms with Crippen molar-refractivity contribution in [3.05, 3.63) is 18.0 Å². The molecule has 2 rings (SSSR count). The van der Waals surface area contributed by atoms with Gasteiger partial charge >= 0.3 is 0 Å². The molecule has 0 aromatic carbocycles. The quantitative estimate of drug-likeness (QED) is 0.601. The van der Waals surface area contributed by atoms with Crippen molar-refractivity contribution in [3.63, 3.8) is 0 Å². The zero-order chi connectivity index (χ0) is 9.97. The first-order valence-corrected chi connectivity index (χ1v) is 5.45. The topological polar surface area (TPSA) is 16.1 Å². The van der Waals surface area contributed by atoms with Crippen LogP contribution in [0.1, 0.15) is 25.0 Å². The second-order valence-corrected chi connectivity index (χ2v) is 4.16.